The maximum Gasteiger partial charge on any atom is 0.330 e. The standard InChI is InChI=1S/C12H17ClN2O3/c1-7(2)5-9(12(17)18-4)15-10(16)6-8(3)11(13)14-15/h6-7,9H,5H2,1-4H3. The van der Waals surface area contributed by atoms with Crippen molar-refractivity contribution in [2.75, 3.05) is 7.11 Å². The molecule has 0 amide bonds. The third-order valence-electron chi connectivity index (χ3n) is 2.55. The highest BCUT2D eigenvalue weighted by molar-refractivity contribution is 6.30. The van der Waals surface area contributed by atoms with Gasteiger partial charge in [0.05, 0.1) is 7.11 Å². The van der Waals surface area contributed by atoms with Crippen molar-refractivity contribution in [3.05, 3.63) is 27.1 Å². The Morgan fingerprint density at radius 2 is 2.17 bits per heavy atom. The van der Waals surface area contributed by atoms with E-state index in [1.165, 1.54) is 13.2 Å². The van der Waals surface area contributed by atoms with E-state index in [2.05, 4.69) is 5.10 Å². The molecule has 1 heterocycles. The zero-order valence-electron chi connectivity index (χ0n) is 10.9. The Morgan fingerprint density at radius 1 is 1.56 bits per heavy atom. The highest BCUT2D eigenvalue weighted by atomic mass is 35.5. The first-order valence-corrected chi connectivity index (χ1v) is 6.08. The van der Waals surface area contributed by atoms with Crippen molar-refractivity contribution in [1.29, 1.82) is 0 Å². The van der Waals surface area contributed by atoms with Gasteiger partial charge in [-0.15, -0.1) is 0 Å². The number of carbonyl (C=O) groups excluding carboxylic acids is 1. The molecule has 0 saturated carbocycles. The number of methoxy groups -OCH3 is 1. The Balaban J connectivity index is 3.24. The van der Waals surface area contributed by atoms with Gasteiger partial charge in [0.2, 0.25) is 0 Å². The van der Waals surface area contributed by atoms with Crippen LogP contribution in [0.2, 0.25) is 5.15 Å². The third-order valence-corrected chi connectivity index (χ3v) is 2.92. The Morgan fingerprint density at radius 3 is 2.67 bits per heavy atom. The average Bonchev–Trinajstić information content (AvgIpc) is 2.30. The topological polar surface area (TPSA) is 61.2 Å². The summed E-state index contributed by atoms with van der Waals surface area (Å²) in [5.41, 5.74) is 0.235. The van der Waals surface area contributed by atoms with Crippen molar-refractivity contribution in [3.63, 3.8) is 0 Å². The molecule has 100 valence electrons. The Bertz CT molecular complexity index is 497. The van der Waals surface area contributed by atoms with Gasteiger partial charge in [0.25, 0.3) is 5.56 Å². The van der Waals surface area contributed by atoms with Crippen molar-refractivity contribution in [3.8, 4) is 0 Å². The summed E-state index contributed by atoms with van der Waals surface area (Å²) in [6.45, 7) is 5.60. The first kappa shape index (κ1) is 14.7. The molecule has 0 radical (unpaired) electrons. The van der Waals surface area contributed by atoms with Crippen LogP contribution in [0.25, 0.3) is 0 Å². The highest BCUT2D eigenvalue weighted by Crippen LogP contribution is 2.18. The quantitative estimate of drug-likeness (QED) is 0.786. The molecular formula is C12H17ClN2O3. The number of ether oxygens (including phenoxy) is 1. The van der Waals surface area contributed by atoms with E-state index >= 15 is 0 Å². The van der Waals surface area contributed by atoms with Gasteiger partial charge in [-0.25, -0.2) is 9.48 Å². The van der Waals surface area contributed by atoms with Crippen LogP contribution in [-0.4, -0.2) is 22.9 Å². The molecule has 0 saturated heterocycles. The lowest BCUT2D eigenvalue weighted by Crippen LogP contribution is -2.33. The minimum absolute atomic E-state index is 0.215. The van der Waals surface area contributed by atoms with Gasteiger partial charge < -0.3 is 4.74 Å². The van der Waals surface area contributed by atoms with E-state index in [0.717, 1.165) is 4.68 Å². The van der Waals surface area contributed by atoms with Gasteiger partial charge in [0.1, 0.15) is 0 Å². The van der Waals surface area contributed by atoms with Crippen LogP contribution in [0.4, 0.5) is 0 Å². The summed E-state index contributed by atoms with van der Waals surface area (Å²) in [7, 11) is 1.29. The van der Waals surface area contributed by atoms with Gasteiger partial charge in [0, 0.05) is 6.07 Å². The lowest BCUT2D eigenvalue weighted by atomic mass is 10.0. The van der Waals surface area contributed by atoms with Crippen LogP contribution < -0.4 is 5.56 Å². The van der Waals surface area contributed by atoms with E-state index in [4.69, 9.17) is 16.3 Å². The number of hydrogen-bond donors (Lipinski definition) is 0. The maximum absolute atomic E-state index is 11.9. The summed E-state index contributed by atoms with van der Waals surface area (Å²) in [4.78, 5) is 23.6. The Hall–Kier alpha value is -1.36. The van der Waals surface area contributed by atoms with E-state index in [1.54, 1.807) is 6.92 Å². The molecule has 1 unspecified atom stereocenters. The predicted octanol–water partition coefficient (Wildman–Crippen LogP) is 1.97. The van der Waals surface area contributed by atoms with E-state index in [1.807, 2.05) is 13.8 Å². The number of aromatic nitrogens is 2. The molecule has 0 aliphatic rings. The van der Waals surface area contributed by atoms with Gasteiger partial charge in [0.15, 0.2) is 11.2 Å². The van der Waals surface area contributed by atoms with Crippen molar-refractivity contribution in [1.82, 2.24) is 9.78 Å². The lowest BCUT2D eigenvalue weighted by molar-refractivity contribution is -0.145. The summed E-state index contributed by atoms with van der Waals surface area (Å²) in [5, 5.41) is 4.18. The Kier molecular flexibility index (Phi) is 4.90. The second-order valence-corrected chi connectivity index (χ2v) is 4.93. The zero-order valence-corrected chi connectivity index (χ0v) is 11.7. The van der Waals surface area contributed by atoms with Crippen LogP contribution in [0.3, 0.4) is 0 Å². The largest absolute Gasteiger partial charge is 0.467 e. The van der Waals surface area contributed by atoms with Gasteiger partial charge in [-0.2, -0.15) is 5.10 Å². The molecule has 1 aromatic heterocycles. The second-order valence-electron chi connectivity index (χ2n) is 4.57. The SMILES string of the molecule is COC(=O)C(CC(C)C)n1nc(Cl)c(C)cc1=O. The summed E-state index contributed by atoms with van der Waals surface area (Å²) in [6, 6.07) is 0.631. The van der Waals surface area contributed by atoms with Gasteiger partial charge in [-0.05, 0) is 24.8 Å². The normalized spacial score (nSPS) is 12.6. The number of nitrogens with zero attached hydrogens (tertiary/aromatic N) is 2. The molecule has 0 spiro atoms. The minimum atomic E-state index is -0.736. The van der Waals surface area contributed by atoms with Crippen molar-refractivity contribution in [2.24, 2.45) is 5.92 Å². The molecule has 6 heteroatoms. The van der Waals surface area contributed by atoms with Crippen LogP contribution >= 0.6 is 11.6 Å². The first-order valence-electron chi connectivity index (χ1n) is 5.70. The van der Waals surface area contributed by atoms with Crippen LogP contribution in [0, 0.1) is 12.8 Å². The molecule has 1 atom stereocenters. The lowest BCUT2D eigenvalue weighted by Gasteiger charge is -2.18. The van der Waals surface area contributed by atoms with Crippen LogP contribution in [0.5, 0.6) is 0 Å². The van der Waals surface area contributed by atoms with Crippen molar-refractivity contribution in [2.45, 2.75) is 33.2 Å². The van der Waals surface area contributed by atoms with E-state index in [9.17, 15) is 9.59 Å². The molecule has 0 aliphatic heterocycles. The van der Waals surface area contributed by atoms with Gasteiger partial charge in [-0.1, -0.05) is 25.4 Å². The molecule has 0 aromatic carbocycles. The van der Waals surface area contributed by atoms with E-state index < -0.39 is 12.0 Å². The number of hydrogen-bond acceptors (Lipinski definition) is 4. The monoisotopic (exact) mass is 272 g/mol. The van der Waals surface area contributed by atoms with Crippen molar-refractivity contribution < 1.29 is 9.53 Å². The zero-order chi connectivity index (χ0) is 13.9. The van der Waals surface area contributed by atoms with Gasteiger partial charge >= 0.3 is 5.97 Å². The summed E-state index contributed by atoms with van der Waals surface area (Å²) in [5.74, 6) is -0.263. The molecule has 1 rings (SSSR count). The Labute approximate surface area is 111 Å². The van der Waals surface area contributed by atoms with Crippen LogP contribution in [0.1, 0.15) is 31.9 Å². The molecular weight excluding hydrogens is 256 g/mol. The summed E-state index contributed by atoms with van der Waals surface area (Å²) < 4.78 is 5.81. The molecule has 0 fully saturated rings. The number of halogens is 1. The van der Waals surface area contributed by atoms with E-state index in [0.29, 0.717) is 12.0 Å². The summed E-state index contributed by atoms with van der Waals surface area (Å²) >= 11 is 5.89. The number of aryl methyl sites for hydroxylation is 1. The fourth-order valence-corrected chi connectivity index (χ4v) is 1.77. The fraction of sp³-hybridized carbons (Fsp3) is 0.583. The summed E-state index contributed by atoms with van der Waals surface area (Å²) in [6.07, 6.45) is 0.471. The van der Waals surface area contributed by atoms with Crippen LogP contribution in [0.15, 0.2) is 10.9 Å². The minimum Gasteiger partial charge on any atom is -0.467 e. The number of carbonyl (C=O) groups is 1. The second kappa shape index (κ2) is 6.00. The molecule has 18 heavy (non-hydrogen) atoms. The van der Waals surface area contributed by atoms with E-state index in [-0.39, 0.29) is 16.6 Å². The smallest absolute Gasteiger partial charge is 0.330 e. The van der Waals surface area contributed by atoms with Gasteiger partial charge in [-0.3, -0.25) is 4.79 Å². The molecule has 5 nitrogen and oxygen atoms in total. The van der Waals surface area contributed by atoms with Crippen LogP contribution in [-0.2, 0) is 9.53 Å². The van der Waals surface area contributed by atoms with Crippen molar-refractivity contribution >= 4 is 17.6 Å². The molecule has 0 aliphatic carbocycles. The number of esters is 1. The highest BCUT2D eigenvalue weighted by Gasteiger charge is 2.25. The maximum atomic E-state index is 11.9. The molecule has 0 N–H and O–H groups in total. The first-order chi connectivity index (χ1) is 8.36. The number of rotatable bonds is 4. The fourth-order valence-electron chi connectivity index (χ4n) is 1.64. The molecule has 0 bridgehead atoms. The molecule has 1 aromatic rings. The predicted molar refractivity (Wildman–Crippen MR) is 68.8 cm³/mol. The third kappa shape index (κ3) is 3.32. The average molecular weight is 273 g/mol.